The van der Waals surface area contributed by atoms with E-state index in [0.29, 0.717) is 5.56 Å². The normalized spacial score (nSPS) is 21.0. The van der Waals surface area contributed by atoms with Crippen molar-refractivity contribution in [2.24, 2.45) is 5.41 Å². The Labute approximate surface area is 158 Å². The van der Waals surface area contributed by atoms with Gasteiger partial charge in [-0.15, -0.1) is 0 Å². The number of rotatable bonds is 2. The molecule has 1 aliphatic heterocycles. The Morgan fingerprint density at radius 2 is 1.85 bits per heavy atom. The van der Waals surface area contributed by atoms with E-state index < -0.39 is 5.91 Å². The molecular formula is C21H23N3O3. The number of para-hydroxylation sites is 1. The van der Waals surface area contributed by atoms with Crippen LogP contribution in [0.1, 0.15) is 34.3 Å². The van der Waals surface area contributed by atoms with Crippen LogP contribution in [0, 0.1) is 5.41 Å². The molecule has 140 valence electrons. The zero-order valence-corrected chi connectivity index (χ0v) is 15.1. The summed E-state index contributed by atoms with van der Waals surface area (Å²) in [6.07, 6.45) is 3.81. The van der Waals surface area contributed by atoms with Crippen LogP contribution in [-0.2, 0) is 12.8 Å². The summed E-state index contributed by atoms with van der Waals surface area (Å²) in [6, 6.07) is 15.0. The molecule has 1 saturated heterocycles. The zero-order valence-electron chi connectivity index (χ0n) is 15.1. The van der Waals surface area contributed by atoms with Gasteiger partial charge in [0.15, 0.2) is 0 Å². The van der Waals surface area contributed by atoms with Gasteiger partial charge in [0.05, 0.1) is 0 Å². The smallest absolute Gasteiger partial charge is 0.321 e. The number of carbonyl (C=O) groups excluding carboxylic acids is 2. The zero-order chi connectivity index (χ0) is 18.9. The molecule has 4 rings (SSSR count). The highest BCUT2D eigenvalue weighted by Crippen LogP contribution is 2.43. The quantitative estimate of drug-likeness (QED) is 0.565. The summed E-state index contributed by atoms with van der Waals surface area (Å²) in [4.78, 5) is 26.2. The highest BCUT2D eigenvalue weighted by atomic mass is 16.5. The largest absolute Gasteiger partial charge is 0.324 e. The van der Waals surface area contributed by atoms with Crippen LogP contribution in [-0.4, -0.2) is 35.1 Å². The van der Waals surface area contributed by atoms with E-state index in [0.717, 1.165) is 50.0 Å². The molecule has 1 fully saturated rings. The lowest BCUT2D eigenvalue weighted by Crippen LogP contribution is -2.37. The molecule has 1 unspecified atom stereocenters. The summed E-state index contributed by atoms with van der Waals surface area (Å²) in [7, 11) is 0. The number of aryl methyl sites for hydroxylation is 1. The van der Waals surface area contributed by atoms with Gasteiger partial charge in [-0.05, 0) is 66.5 Å². The van der Waals surface area contributed by atoms with Gasteiger partial charge in [-0.2, -0.15) is 0 Å². The second kappa shape index (κ2) is 7.04. The van der Waals surface area contributed by atoms with Gasteiger partial charge in [-0.25, -0.2) is 10.3 Å². The van der Waals surface area contributed by atoms with Crippen molar-refractivity contribution in [3.63, 3.8) is 0 Å². The molecule has 0 bridgehead atoms. The SMILES string of the molecule is O=C(NO)c1ccc2c(c1)CC1(CC2)CCN(C(=O)Nc2ccccc2)C1. The van der Waals surface area contributed by atoms with Crippen LogP contribution >= 0.6 is 0 Å². The summed E-state index contributed by atoms with van der Waals surface area (Å²) in [5.41, 5.74) is 5.42. The van der Waals surface area contributed by atoms with Crippen LogP contribution < -0.4 is 10.8 Å². The Morgan fingerprint density at radius 3 is 2.63 bits per heavy atom. The number of benzene rings is 2. The summed E-state index contributed by atoms with van der Waals surface area (Å²) in [5.74, 6) is -0.493. The number of fused-ring (bicyclic) bond motifs is 1. The van der Waals surface area contributed by atoms with E-state index in [4.69, 9.17) is 5.21 Å². The molecular weight excluding hydrogens is 342 g/mol. The first-order valence-electron chi connectivity index (χ1n) is 9.26. The van der Waals surface area contributed by atoms with Crippen LogP contribution in [0.5, 0.6) is 0 Å². The van der Waals surface area contributed by atoms with E-state index in [9.17, 15) is 9.59 Å². The Morgan fingerprint density at radius 1 is 1.04 bits per heavy atom. The number of hydrogen-bond donors (Lipinski definition) is 3. The van der Waals surface area contributed by atoms with E-state index >= 15 is 0 Å². The number of carbonyl (C=O) groups is 2. The van der Waals surface area contributed by atoms with Crippen molar-refractivity contribution < 1.29 is 14.8 Å². The molecule has 2 aliphatic rings. The van der Waals surface area contributed by atoms with E-state index in [1.807, 2.05) is 47.4 Å². The maximum Gasteiger partial charge on any atom is 0.321 e. The first kappa shape index (κ1) is 17.5. The Bertz CT molecular complexity index is 868. The van der Waals surface area contributed by atoms with Gasteiger partial charge in [0.25, 0.3) is 5.91 Å². The van der Waals surface area contributed by atoms with Gasteiger partial charge in [0.2, 0.25) is 0 Å². The fourth-order valence-corrected chi connectivity index (χ4v) is 4.31. The first-order chi connectivity index (χ1) is 13.1. The van der Waals surface area contributed by atoms with Gasteiger partial charge in [-0.3, -0.25) is 10.0 Å². The third-order valence-corrected chi connectivity index (χ3v) is 5.81. The summed E-state index contributed by atoms with van der Waals surface area (Å²) < 4.78 is 0. The maximum absolute atomic E-state index is 12.6. The van der Waals surface area contributed by atoms with E-state index in [-0.39, 0.29) is 11.4 Å². The molecule has 0 radical (unpaired) electrons. The fraction of sp³-hybridized carbons (Fsp3) is 0.333. The lowest BCUT2D eigenvalue weighted by atomic mass is 9.71. The lowest BCUT2D eigenvalue weighted by molar-refractivity contribution is 0.0706. The van der Waals surface area contributed by atoms with E-state index in [1.54, 1.807) is 11.5 Å². The molecule has 1 aliphatic carbocycles. The van der Waals surface area contributed by atoms with Crippen molar-refractivity contribution in [3.05, 3.63) is 65.2 Å². The minimum absolute atomic E-state index is 0.0581. The highest BCUT2D eigenvalue weighted by Gasteiger charge is 2.42. The molecule has 2 aromatic rings. The number of hydroxylamine groups is 1. The predicted octanol–water partition coefficient (Wildman–Crippen LogP) is 3.22. The summed E-state index contributed by atoms with van der Waals surface area (Å²) in [5, 5.41) is 11.8. The molecule has 1 atom stereocenters. The lowest BCUT2D eigenvalue weighted by Gasteiger charge is -2.35. The minimum Gasteiger partial charge on any atom is -0.324 e. The summed E-state index contributed by atoms with van der Waals surface area (Å²) in [6.45, 7) is 1.46. The standard InChI is InChI=1S/C21H23N3O3/c25-19(23-27)16-7-6-15-8-9-21(13-17(15)12-16)10-11-24(14-21)20(26)22-18-4-2-1-3-5-18/h1-7,12,27H,8-11,13-14H2,(H,22,26)(H,23,25). The van der Waals surface area contributed by atoms with Crippen LogP contribution in [0.15, 0.2) is 48.5 Å². The summed E-state index contributed by atoms with van der Waals surface area (Å²) >= 11 is 0. The third kappa shape index (κ3) is 3.53. The van der Waals surface area contributed by atoms with Crippen LogP contribution in [0.25, 0.3) is 0 Å². The number of amides is 3. The second-order valence-corrected chi connectivity index (χ2v) is 7.57. The van der Waals surface area contributed by atoms with Crippen molar-refractivity contribution in [3.8, 4) is 0 Å². The Balaban J connectivity index is 1.46. The molecule has 6 nitrogen and oxygen atoms in total. The van der Waals surface area contributed by atoms with Crippen molar-refractivity contribution in [2.45, 2.75) is 25.7 Å². The molecule has 6 heteroatoms. The average Bonchev–Trinajstić information content (AvgIpc) is 3.11. The molecule has 1 heterocycles. The van der Waals surface area contributed by atoms with Crippen molar-refractivity contribution >= 4 is 17.6 Å². The van der Waals surface area contributed by atoms with Crippen LogP contribution in [0.2, 0.25) is 0 Å². The number of urea groups is 1. The molecule has 2 aromatic carbocycles. The third-order valence-electron chi connectivity index (χ3n) is 5.81. The van der Waals surface area contributed by atoms with Crippen molar-refractivity contribution in [2.75, 3.05) is 18.4 Å². The topological polar surface area (TPSA) is 81.7 Å². The van der Waals surface area contributed by atoms with Crippen molar-refractivity contribution in [1.82, 2.24) is 10.4 Å². The Kier molecular flexibility index (Phi) is 4.58. The predicted molar refractivity (Wildman–Crippen MR) is 102 cm³/mol. The van der Waals surface area contributed by atoms with Gasteiger partial charge >= 0.3 is 6.03 Å². The van der Waals surface area contributed by atoms with E-state index in [1.165, 1.54) is 5.56 Å². The first-order valence-corrected chi connectivity index (χ1v) is 9.26. The molecule has 27 heavy (non-hydrogen) atoms. The van der Waals surface area contributed by atoms with E-state index in [2.05, 4.69) is 5.32 Å². The maximum atomic E-state index is 12.6. The number of likely N-dealkylation sites (tertiary alicyclic amines) is 1. The molecule has 0 aromatic heterocycles. The molecule has 0 saturated carbocycles. The number of hydrogen-bond acceptors (Lipinski definition) is 3. The molecule has 3 amide bonds. The Hall–Kier alpha value is -2.86. The molecule has 3 N–H and O–H groups in total. The fourth-order valence-electron chi connectivity index (χ4n) is 4.31. The number of nitrogens with zero attached hydrogens (tertiary/aromatic N) is 1. The van der Waals surface area contributed by atoms with Gasteiger partial charge in [-0.1, -0.05) is 24.3 Å². The highest BCUT2D eigenvalue weighted by molar-refractivity contribution is 5.93. The number of nitrogens with one attached hydrogen (secondary N) is 2. The number of anilines is 1. The van der Waals surface area contributed by atoms with Crippen LogP contribution in [0.4, 0.5) is 10.5 Å². The van der Waals surface area contributed by atoms with Crippen molar-refractivity contribution in [1.29, 1.82) is 0 Å². The monoisotopic (exact) mass is 365 g/mol. The average molecular weight is 365 g/mol. The molecule has 1 spiro atoms. The van der Waals surface area contributed by atoms with Gasteiger partial charge < -0.3 is 10.2 Å². The second-order valence-electron chi connectivity index (χ2n) is 7.57. The van der Waals surface area contributed by atoms with Gasteiger partial charge in [0.1, 0.15) is 0 Å². The van der Waals surface area contributed by atoms with Gasteiger partial charge in [0, 0.05) is 24.3 Å². The minimum atomic E-state index is -0.493. The van der Waals surface area contributed by atoms with Crippen LogP contribution in [0.3, 0.4) is 0 Å².